The van der Waals surface area contributed by atoms with Crippen LogP contribution in [-0.4, -0.2) is 16.8 Å². The molecule has 0 saturated heterocycles. The first kappa shape index (κ1) is 14.2. The van der Waals surface area contributed by atoms with Gasteiger partial charge in [0.2, 0.25) is 0 Å². The molecular formula is C16H20N2O2. The van der Waals surface area contributed by atoms with Gasteiger partial charge in [-0.3, -0.25) is 4.79 Å². The molecule has 0 radical (unpaired) electrons. The Labute approximate surface area is 119 Å². The zero-order valence-corrected chi connectivity index (χ0v) is 12.1. The molecule has 2 rings (SSSR count). The fraction of sp³-hybridized carbons (Fsp3) is 0.312. The SMILES string of the molecule is Cc1ccoc1C(=O)N(Cc1ccccc1N)C(C)C. The smallest absolute Gasteiger partial charge is 0.290 e. The molecule has 1 heterocycles. The molecule has 1 amide bonds. The van der Waals surface area contributed by atoms with E-state index < -0.39 is 0 Å². The van der Waals surface area contributed by atoms with E-state index in [2.05, 4.69) is 0 Å². The van der Waals surface area contributed by atoms with Crippen LogP contribution in [0.1, 0.15) is 35.5 Å². The number of benzene rings is 1. The molecule has 0 fully saturated rings. The third-order valence-electron chi connectivity index (χ3n) is 3.34. The summed E-state index contributed by atoms with van der Waals surface area (Å²) in [7, 11) is 0. The van der Waals surface area contributed by atoms with E-state index in [9.17, 15) is 4.79 Å². The quantitative estimate of drug-likeness (QED) is 0.869. The predicted molar refractivity (Wildman–Crippen MR) is 79.3 cm³/mol. The number of rotatable bonds is 4. The average Bonchev–Trinajstić information content (AvgIpc) is 2.83. The zero-order valence-electron chi connectivity index (χ0n) is 12.1. The molecule has 0 aliphatic carbocycles. The van der Waals surface area contributed by atoms with Gasteiger partial charge in [0, 0.05) is 23.8 Å². The van der Waals surface area contributed by atoms with Crippen molar-refractivity contribution in [1.82, 2.24) is 4.90 Å². The molecule has 0 atom stereocenters. The van der Waals surface area contributed by atoms with Crippen molar-refractivity contribution in [1.29, 1.82) is 0 Å². The summed E-state index contributed by atoms with van der Waals surface area (Å²) in [5, 5.41) is 0. The number of anilines is 1. The number of nitrogen functional groups attached to an aromatic ring is 1. The topological polar surface area (TPSA) is 59.5 Å². The Kier molecular flexibility index (Phi) is 4.13. The van der Waals surface area contributed by atoms with Gasteiger partial charge in [0.15, 0.2) is 5.76 Å². The van der Waals surface area contributed by atoms with E-state index in [0.717, 1.165) is 11.1 Å². The molecule has 1 aromatic heterocycles. The number of hydrogen-bond donors (Lipinski definition) is 1. The standard InChI is InChI=1S/C16H20N2O2/c1-11(2)18(10-13-6-4-5-7-14(13)17)16(19)15-12(3)8-9-20-15/h4-9,11H,10,17H2,1-3H3. The number of aryl methyl sites for hydroxylation is 1. The molecule has 2 N–H and O–H groups in total. The molecule has 0 bridgehead atoms. The maximum atomic E-state index is 12.6. The summed E-state index contributed by atoms with van der Waals surface area (Å²) in [5.74, 6) is 0.291. The van der Waals surface area contributed by atoms with Crippen LogP contribution in [0.4, 0.5) is 5.69 Å². The molecule has 20 heavy (non-hydrogen) atoms. The van der Waals surface area contributed by atoms with Crippen molar-refractivity contribution in [2.45, 2.75) is 33.4 Å². The van der Waals surface area contributed by atoms with E-state index in [1.807, 2.05) is 45.0 Å². The Balaban J connectivity index is 2.27. The van der Waals surface area contributed by atoms with Crippen LogP contribution in [0, 0.1) is 6.92 Å². The van der Waals surface area contributed by atoms with Crippen LogP contribution in [0.2, 0.25) is 0 Å². The second kappa shape index (κ2) is 5.82. The van der Waals surface area contributed by atoms with Crippen LogP contribution in [0.15, 0.2) is 41.0 Å². The van der Waals surface area contributed by atoms with Gasteiger partial charge in [-0.25, -0.2) is 0 Å². The minimum atomic E-state index is -0.106. The van der Waals surface area contributed by atoms with Crippen LogP contribution >= 0.6 is 0 Å². The van der Waals surface area contributed by atoms with Crippen LogP contribution in [0.5, 0.6) is 0 Å². The van der Waals surface area contributed by atoms with Crippen LogP contribution in [0.3, 0.4) is 0 Å². The number of hydrogen-bond acceptors (Lipinski definition) is 3. The van der Waals surface area contributed by atoms with Crippen molar-refractivity contribution in [3.05, 3.63) is 53.5 Å². The second-order valence-electron chi connectivity index (χ2n) is 5.16. The predicted octanol–water partition coefficient (Wildman–Crippen LogP) is 3.22. The van der Waals surface area contributed by atoms with Crippen LogP contribution in [0.25, 0.3) is 0 Å². The van der Waals surface area contributed by atoms with Crippen molar-refractivity contribution < 1.29 is 9.21 Å². The molecule has 4 nitrogen and oxygen atoms in total. The van der Waals surface area contributed by atoms with Crippen molar-refractivity contribution in [2.75, 3.05) is 5.73 Å². The summed E-state index contributed by atoms with van der Waals surface area (Å²) in [6.45, 7) is 6.31. The third-order valence-corrected chi connectivity index (χ3v) is 3.34. The lowest BCUT2D eigenvalue weighted by Crippen LogP contribution is -2.36. The van der Waals surface area contributed by atoms with Crippen molar-refractivity contribution in [3.8, 4) is 0 Å². The molecule has 2 aromatic rings. The molecule has 106 valence electrons. The highest BCUT2D eigenvalue weighted by Crippen LogP contribution is 2.19. The van der Waals surface area contributed by atoms with E-state index >= 15 is 0 Å². The molecular weight excluding hydrogens is 252 g/mol. The molecule has 0 unspecified atom stereocenters. The van der Waals surface area contributed by atoms with Gasteiger partial charge in [0.25, 0.3) is 5.91 Å². The van der Waals surface area contributed by atoms with Gasteiger partial charge in [0.05, 0.1) is 6.26 Å². The second-order valence-corrected chi connectivity index (χ2v) is 5.16. The molecule has 0 aliphatic heterocycles. The van der Waals surface area contributed by atoms with Gasteiger partial charge in [-0.05, 0) is 38.5 Å². The first-order chi connectivity index (χ1) is 9.50. The summed E-state index contributed by atoms with van der Waals surface area (Å²) in [6.07, 6.45) is 1.54. The Bertz CT molecular complexity index is 602. The maximum Gasteiger partial charge on any atom is 0.290 e. The van der Waals surface area contributed by atoms with Gasteiger partial charge in [0.1, 0.15) is 0 Å². The number of carbonyl (C=O) groups excluding carboxylic acids is 1. The first-order valence-electron chi connectivity index (χ1n) is 6.69. The third kappa shape index (κ3) is 2.85. The largest absolute Gasteiger partial charge is 0.459 e. The van der Waals surface area contributed by atoms with Crippen molar-refractivity contribution >= 4 is 11.6 Å². The molecule has 4 heteroatoms. The number of carbonyl (C=O) groups is 1. The van der Waals surface area contributed by atoms with Gasteiger partial charge >= 0.3 is 0 Å². The van der Waals surface area contributed by atoms with Crippen LogP contribution < -0.4 is 5.73 Å². The van der Waals surface area contributed by atoms with Gasteiger partial charge < -0.3 is 15.1 Å². The maximum absolute atomic E-state index is 12.6. The molecule has 0 spiro atoms. The van der Waals surface area contributed by atoms with Crippen molar-refractivity contribution in [3.63, 3.8) is 0 Å². The minimum absolute atomic E-state index is 0.0617. The lowest BCUT2D eigenvalue weighted by molar-refractivity contribution is 0.0657. The first-order valence-corrected chi connectivity index (χ1v) is 6.69. The highest BCUT2D eigenvalue weighted by molar-refractivity contribution is 5.93. The number of nitrogens with zero attached hydrogens (tertiary/aromatic N) is 1. The summed E-state index contributed by atoms with van der Waals surface area (Å²) in [5.41, 5.74) is 8.44. The summed E-state index contributed by atoms with van der Waals surface area (Å²) in [6, 6.07) is 9.45. The minimum Gasteiger partial charge on any atom is -0.459 e. The Hall–Kier alpha value is -2.23. The lowest BCUT2D eigenvalue weighted by Gasteiger charge is -2.26. The van der Waals surface area contributed by atoms with E-state index in [-0.39, 0.29) is 11.9 Å². The average molecular weight is 272 g/mol. The molecule has 1 aromatic carbocycles. The zero-order chi connectivity index (χ0) is 14.7. The monoisotopic (exact) mass is 272 g/mol. The normalized spacial score (nSPS) is 10.8. The van der Waals surface area contributed by atoms with E-state index in [1.165, 1.54) is 6.26 Å². The summed E-state index contributed by atoms with van der Waals surface area (Å²) < 4.78 is 5.30. The Morgan fingerprint density at radius 3 is 2.55 bits per heavy atom. The number of nitrogens with two attached hydrogens (primary N) is 1. The Morgan fingerprint density at radius 2 is 2.00 bits per heavy atom. The fourth-order valence-electron chi connectivity index (χ4n) is 2.07. The number of furan rings is 1. The number of amides is 1. The van der Waals surface area contributed by atoms with Crippen LogP contribution in [-0.2, 0) is 6.54 Å². The van der Waals surface area contributed by atoms with Gasteiger partial charge in [-0.2, -0.15) is 0 Å². The number of para-hydroxylation sites is 1. The fourth-order valence-corrected chi connectivity index (χ4v) is 2.07. The molecule has 0 saturated carbocycles. The van der Waals surface area contributed by atoms with E-state index in [4.69, 9.17) is 10.2 Å². The van der Waals surface area contributed by atoms with Crippen molar-refractivity contribution in [2.24, 2.45) is 0 Å². The summed E-state index contributed by atoms with van der Waals surface area (Å²) >= 11 is 0. The molecule has 0 aliphatic rings. The van der Waals surface area contributed by atoms with Gasteiger partial charge in [-0.1, -0.05) is 18.2 Å². The van der Waals surface area contributed by atoms with E-state index in [0.29, 0.717) is 18.0 Å². The van der Waals surface area contributed by atoms with E-state index in [1.54, 1.807) is 11.0 Å². The summed E-state index contributed by atoms with van der Waals surface area (Å²) in [4.78, 5) is 14.3. The highest BCUT2D eigenvalue weighted by Gasteiger charge is 2.23. The Morgan fingerprint density at radius 1 is 1.30 bits per heavy atom. The van der Waals surface area contributed by atoms with Gasteiger partial charge in [-0.15, -0.1) is 0 Å². The highest BCUT2D eigenvalue weighted by atomic mass is 16.3. The lowest BCUT2D eigenvalue weighted by atomic mass is 10.1.